The van der Waals surface area contributed by atoms with Crippen molar-refractivity contribution < 1.29 is 14.3 Å². The molecule has 78 valence electrons. The van der Waals surface area contributed by atoms with Crippen LogP contribution >= 0.6 is 0 Å². The van der Waals surface area contributed by atoms with E-state index in [0.29, 0.717) is 19.3 Å². The van der Waals surface area contributed by atoms with Crippen LogP contribution in [-0.2, 0) is 9.47 Å². The Labute approximate surface area is 82.9 Å². The minimum atomic E-state index is -0.505. The van der Waals surface area contributed by atoms with Crippen molar-refractivity contribution in [1.82, 2.24) is 5.32 Å². The van der Waals surface area contributed by atoms with E-state index in [1.807, 2.05) is 0 Å². The van der Waals surface area contributed by atoms with Gasteiger partial charge in [0.2, 0.25) is 0 Å². The van der Waals surface area contributed by atoms with Gasteiger partial charge in [-0.2, -0.15) is 0 Å². The van der Waals surface area contributed by atoms with Crippen LogP contribution < -0.4 is 5.32 Å². The van der Waals surface area contributed by atoms with Crippen LogP contribution in [0.15, 0.2) is 0 Å². The highest BCUT2D eigenvalue weighted by Gasteiger charge is 2.49. The number of ether oxygens (including phenoxy) is 2. The molecule has 0 aromatic carbocycles. The van der Waals surface area contributed by atoms with Gasteiger partial charge in [0.1, 0.15) is 13.2 Å². The van der Waals surface area contributed by atoms with Crippen molar-refractivity contribution in [2.45, 2.75) is 37.8 Å². The van der Waals surface area contributed by atoms with Crippen LogP contribution in [0.4, 0.5) is 4.79 Å². The average Bonchev–Trinajstić information content (AvgIpc) is 2.90. The second-order valence-corrected chi connectivity index (χ2v) is 4.87. The largest absolute Gasteiger partial charge is 0.508 e. The number of cyclic esters (lactones) is 2. The van der Waals surface area contributed by atoms with Crippen molar-refractivity contribution in [1.29, 1.82) is 0 Å². The van der Waals surface area contributed by atoms with E-state index in [0.717, 1.165) is 18.9 Å². The molecule has 1 N–H and O–H groups in total. The predicted molar refractivity (Wildman–Crippen MR) is 48.9 cm³/mol. The van der Waals surface area contributed by atoms with E-state index in [-0.39, 0.29) is 5.41 Å². The molecule has 0 atom stereocenters. The molecule has 0 amide bonds. The lowest BCUT2D eigenvalue weighted by Crippen LogP contribution is -2.56. The lowest BCUT2D eigenvalue weighted by atomic mass is 9.66. The van der Waals surface area contributed by atoms with Crippen molar-refractivity contribution in [2.24, 2.45) is 5.41 Å². The second kappa shape index (κ2) is 2.86. The molecular weight excluding hydrogens is 182 g/mol. The van der Waals surface area contributed by atoms with Crippen molar-refractivity contribution in [2.75, 3.05) is 13.2 Å². The molecule has 0 bridgehead atoms. The monoisotopic (exact) mass is 197 g/mol. The van der Waals surface area contributed by atoms with Gasteiger partial charge in [-0.1, -0.05) is 0 Å². The fourth-order valence-corrected chi connectivity index (χ4v) is 2.43. The highest BCUT2D eigenvalue weighted by Crippen LogP contribution is 2.44. The zero-order chi connectivity index (χ0) is 9.60. The lowest BCUT2D eigenvalue weighted by Gasteiger charge is -2.48. The van der Waals surface area contributed by atoms with Gasteiger partial charge >= 0.3 is 6.16 Å². The molecule has 1 aliphatic heterocycles. The fourth-order valence-electron chi connectivity index (χ4n) is 2.43. The van der Waals surface area contributed by atoms with E-state index < -0.39 is 6.16 Å². The molecule has 2 saturated carbocycles. The molecule has 1 spiro atoms. The molecular formula is C10H15NO3. The minimum absolute atomic E-state index is 0.139. The number of carbonyl (C=O) groups excluding carboxylic acids is 1. The third-order valence-corrected chi connectivity index (χ3v) is 3.40. The molecule has 0 radical (unpaired) electrons. The first-order valence-corrected chi connectivity index (χ1v) is 5.31. The second-order valence-electron chi connectivity index (χ2n) is 4.87. The summed E-state index contributed by atoms with van der Waals surface area (Å²) >= 11 is 0. The van der Waals surface area contributed by atoms with E-state index >= 15 is 0 Å². The van der Waals surface area contributed by atoms with E-state index in [1.165, 1.54) is 12.8 Å². The van der Waals surface area contributed by atoms with Crippen LogP contribution in [0, 0.1) is 5.41 Å². The van der Waals surface area contributed by atoms with Gasteiger partial charge in [-0.05, 0) is 25.7 Å². The summed E-state index contributed by atoms with van der Waals surface area (Å²) in [6.45, 7) is 1.10. The third kappa shape index (κ3) is 1.47. The van der Waals surface area contributed by atoms with Gasteiger partial charge in [-0.25, -0.2) is 4.79 Å². The maximum atomic E-state index is 10.7. The molecule has 3 rings (SSSR count). The first-order chi connectivity index (χ1) is 6.76. The summed E-state index contributed by atoms with van der Waals surface area (Å²) in [7, 11) is 0. The SMILES string of the molecule is O=C1OCC2(CO1)CC(NC1CC1)C2. The van der Waals surface area contributed by atoms with Gasteiger partial charge in [0.15, 0.2) is 0 Å². The van der Waals surface area contributed by atoms with Gasteiger partial charge in [0.05, 0.1) is 0 Å². The maximum absolute atomic E-state index is 10.7. The molecule has 14 heavy (non-hydrogen) atoms. The quantitative estimate of drug-likeness (QED) is 0.672. The lowest BCUT2D eigenvalue weighted by molar-refractivity contribution is -0.105. The van der Waals surface area contributed by atoms with Crippen LogP contribution in [0.3, 0.4) is 0 Å². The molecule has 0 aromatic heterocycles. The van der Waals surface area contributed by atoms with E-state index in [1.54, 1.807) is 0 Å². The first-order valence-electron chi connectivity index (χ1n) is 5.31. The minimum Gasteiger partial charge on any atom is -0.434 e. The zero-order valence-electron chi connectivity index (χ0n) is 8.12. The summed E-state index contributed by atoms with van der Waals surface area (Å²) in [6.07, 6.45) is 4.34. The van der Waals surface area contributed by atoms with Crippen LogP contribution in [0.25, 0.3) is 0 Å². The summed E-state index contributed by atoms with van der Waals surface area (Å²) in [4.78, 5) is 10.7. The van der Waals surface area contributed by atoms with Gasteiger partial charge < -0.3 is 14.8 Å². The highest BCUT2D eigenvalue weighted by atomic mass is 16.7. The number of hydrogen-bond acceptors (Lipinski definition) is 4. The fraction of sp³-hybridized carbons (Fsp3) is 0.900. The Morgan fingerprint density at radius 1 is 1.14 bits per heavy atom. The van der Waals surface area contributed by atoms with Gasteiger partial charge in [-0.15, -0.1) is 0 Å². The van der Waals surface area contributed by atoms with E-state index in [4.69, 9.17) is 9.47 Å². The highest BCUT2D eigenvalue weighted by molar-refractivity contribution is 5.60. The summed E-state index contributed by atoms with van der Waals surface area (Å²) in [5, 5.41) is 3.58. The van der Waals surface area contributed by atoms with Crippen molar-refractivity contribution in [3.63, 3.8) is 0 Å². The van der Waals surface area contributed by atoms with Crippen LogP contribution in [0.1, 0.15) is 25.7 Å². The molecule has 2 aliphatic carbocycles. The van der Waals surface area contributed by atoms with Crippen LogP contribution in [0.5, 0.6) is 0 Å². The number of hydrogen-bond donors (Lipinski definition) is 1. The van der Waals surface area contributed by atoms with Crippen molar-refractivity contribution in [3.8, 4) is 0 Å². The Kier molecular flexibility index (Phi) is 1.74. The van der Waals surface area contributed by atoms with Gasteiger partial charge in [0, 0.05) is 17.5 Å². The Morgan fingerprint density at radius 3 is 2.36 bits per heavy atom. The van der Waals surface area contributed by atoms with E-state index in [9.17, 15) is 4.79 Å². The van der Waals surface area contributed by atoms with E-state index in [2.05, 4.69) is 5.32 Å². The molecule has 4 nitrogen and oxygen atoms in total. The number of nitrogens with one attached hydrogen (secondary N) is 1. The zero-order valence-corrected chi connectivity index (χ0v) is 8.12. The summed E-state index contributed by atoms with van der Waals surface area (Å²) in [5.74, 6) is 0. The summed E-state index contributed by atoms with van der Waals surface area (Å²) in [6, 6.07) is 1.40. The Balaban J connectivity index is 1.49. The summed E-state index contributed by atoms with van der Waals surface area (Å²) < 4.78 is 9.83. The molecule has 0 aromatic rings. The molecule has 1 saturated heterocycles. The average molecular weight is 197 g/mol. The van der Waals surface area contributed by atoms with Crippen LogP contribution in [-0.4, -0.2) is 31.5 Å². The smallest absolute Gasteiger partial charge is 0.434 e. The normalized spacial score (nSPS) is 30.7. The number of carbonyl (C=O) groups is 1. The van der Waals surface area contributed by atoms with Gasteiger partial charge in [0.25, 0.3) is 0 Å². The third-order valence-electron chi connectivity index (χ3n) is 3.40. The van der Waals surface area contributed by atoms with Crippen molar-refractivity contribution >= 4 is 6.16 Å². The first kappa shape index (κ1) is 8.53. The predicted octanol–water partition coefficient (Wildman–Crippen LogP) is 1.05. The maximum Gasteiger partial charge on any atom is 0.508 e. The molecule has 4 heteroatoms. The Bertz CT molecular complexity index is 244. The molecule has 3 aliphatic rings. The standard InChI is InChI=1S/C10H15NO3/c12-9-13-5-10(6-14-9)3-8(4-10)11-7-1-2-7/h7-8,11H,1-6H2. The summed E-state index contributed by atoms with van der Waals surface area (Å²) in [5.41, 5.74) is 0.139. The molecule has 1 heterocycles. The van der Waals surface area contributed by atoms with Crippen LogP contribution in [0.2, 0.25) is 0 Å². The van der Waals surface area contributed by atoms with Crippen molar-refractivity contribution in [3.05, 3.63) is 0 Å². The topological polar surface area (TPSA) is 47.6 Å². The van der Waals surface area contributed by atoms with Gasteiger partial charge in [-0.3, -0.25) is 0 Å². The Hall–Kier alpha value is -0.770. The Morgan fingerprint density at radius 2 is 1.79 bits per heavy atom. The number of rotatable bonds is 2. The molecule has 3 fully saturated rings. The molecule has 0 unspecified atom stereocenters.